The number of hydrogen-bond acceptors (Lipinski definition) is 1. The molecule has 6 heteroatoms. The molecule has 18 heavy (non-hydrogen) atoms. The Kier molecular flexibility index (Phi) is 3.36. The highest BCUT2D eigenvalue weighted by Crippen LogP contribution is 2.34. The Morgan fingerprint density at radius 2 is 1.94 bits per heavy atom. The van der Waals surface area contributed by atoms with Crippen LogP contribution in [0.15, 0.2) is 12.4 Å². The molecule has 2 rings (SSSR count). The summed E-state index contributed by atoms with van der Waals surface area (Å²) < 4.78 is 39.3. The van der Waals surface area contributed by atoms with Crippen molar-refractivity contribution in [1.29, 1.82) is 0 Å². The third kappa shape index (κ3) is 2.68. The predicted molar refractivity (Wildman–Crippen MR) is 58.4 cm³/mol. The van der Waals surface area contributed by atoms with Gasteiger partial charge in [-0.1, -0.05) is 12.8 Å². The molecule has 1 aromatic rings. The second kappa shape index (κ2) is 4.66. The Bertz CT molecular complexity index is 445. The monoisotopic (exact) mass is 261 g/mol. The molecule has 3 nitrogen and oxygen atoms in total. The van der Waals surface area contributed by atoms with Gasteiger partial charge in [-0.25, -0.2) is 4.79 Å². The molecule has 1 saturated carbocycles. The largest absolute Gasteiger partial charge is 0.478 e. The quantitative estimate of drug-likeness (QED) is 0.906. The van der Waals surface area contributed by atoms with E-state index in [4.69, 9.17) is 5.11 Å². The lowest BCUT2D eigenvalue weighted by molar-refractivity contribution is -0.138. The summed E-state index contributed by atoms with van der Waals surface area (Å²) in [5, 5.41) is 8.79. The fourth-order valence-electron chi connectivity index (χ4n) is 2.50. The van der Waals surface area contributed by atoms with Crippen LogP contribution in [0, 0.1) is 5.92 Å². The maximum atomic E-state index is 12.7. The van der Waals surface area contributed by atoms with Gasteiger partial charge in [-0.05, 0) is 18.8 Å². The Balaban J connectivity index is 2.24. The smallest absolute Gasteiger partial charge is 0.418 e. The van der Waals surface area contributed by atoms with Crippen molar-refractivity contribution in [3.05, 3.63) is 23.5 Å². The van der Waals surface area contributed by atoms with Gasteiger partial charge in [0.25, 0.3) is 0 Å². The van der Waals surface area contributed by atoms with E-state index < -0.39 is 23.3 Å². The molecule has 1 N–H and O–H groups in total. The lowest BCUT2D eigenvalue weighted by Crippen LogP contribution is -2.09. The molecule has 1 aliphatic carbocycles. The van der Waals surface area contributed by atoms with Crippen LogP contribution in [0.5, 0.6) is 0 Å². The van der Waals surface area contributed by atoms with E-state index in [1.807, 2.05) is 0 Å². The molecule has 0 atom stereocenters. The van der Waals surface area contributed by atoms with Crippen LogP contribution < -0.4 is 0 Å². The SMILES string of the molecule is O=C(O)c1cn(CC2CCCC2)cc1C(F)(F)F. The summed E-state index contributed by atoms with van der Waals surface area (Å²) in [5.74, 6) is -1.17. The molecular formula is C12H14F3NO2. The van der Waals surface area contributed by atoms with Gasteiger partial charge < -0.3 is 9.67 Å². The highest BCUT2D eigenvalue weighted by atomic mass is 19.4. The van der Waals surface area contributed by atoms with E-state index in [1.165, 1.54) is 4.57 Å². The van der Waals surface area contributed by atoms with Gasteiger partial charge in [0.1, 0.15) is 0 Å². The summed E-state index contributed by atoms with van der Waals surface area (Å²) in [6.07, 6.45) is 1.58. The minimum Gasteiger partial charge on any atom is -0.478 e. The molecule has 0 saturated heterocycles. The zero-order valence-electron chi connectivity index (χ0n) is 9.70. The Morgan fingerprint density at radius 1 is 1.33 bits per heavy atom. The third-order valence-electron chi connectivity index (χ3n) is 3.36. The number of nitrogens with zero attached hydrogens (tertiary/aromatic N) is 1. The second-order valence-electron chi connectivity index (χ2n) is 4.74. The normalized spacial score (nSPS) is 17.3. The summed E-state index contributed by atoms with van der Waals surface area (Å²) in [5.41, 5.74) is -1.73. The van der Waals surface area contributed by atoms with Crippen molar-refractivity contribution in [1.82, 2.24) is 4.57 Å². The number of rotatable bonds is 3. The molecule has 0 bridgehead atoms. The third-order valence-corrected chi connectivity index (χ3v) is 3.36. The van der Waals surface area contributed by atoms with Crippen molar-refractivity contribution < 1.29 is 23.1 Å². The van der Waals surface area contributed by atoms with E-state index in [1.54, 1.807) is 0 Å². The standard InChI is InChI=1S/C12H14F3NO2/c13-12(14,15)10-7-16(6-9(10)11(17)18)5-8-3-1-2-4-8/h6-8H,1-5H2,(H,17,18). The minimum atomic E-state index is -4.62. The van der Waals surface area contributed by atoms with Gasteiger partial charge >= 0.3 is 12.1 Å². The van der Waals surface area contributed by atoms with E-state index in [0.717, 1.165) is 38.1 Å². The molecular weight excluding hydrogens is 247 g/mol. The Morgan fingerprint density at radius 3 is 2.39 bits per heavy atom. The first-order chi connectivity index (χ1) is 8.38. The number of aromatic carboxylic acids is 1. The minimum absolute atomic E-state index is 0.361. The highest BCUT2D eigenvalue weighted by Gasteiger charge is 2.37. The molecule has 100 valence electrons. The van der Waals surface area contributed by atoms with Crippen LogP contribution in [0.3, 0.4) is 0 Å². The number of alkyl halides is 3. The molecule has 1 heterocycles. The predicted octanol–water partition coefficient (Wildman–Crippen LogP) is 3.40. The van der Waals surface area contributed by atoms with E-state index in [9.17, 15) is 18.0 Å². The number of aromatic nitrogens is 1. The molecule has 1 aromatic heterocycles. The maximum Gasteiger partial charge on any atom is 0.418 e. The molecule has 0 aromatic carbocycles. The van der Waals surface area contributed by atoms with Gasteiger partial charge in [0.2, 0.25) is 0 Å². The number of halogens is 3. The summed E-state index contributed by atoms with van der Waals surface area (Å²) in [6.45, 7) is 0.469. The van der Waals surface area contributed by atoms with Crippen LogP contribution in [-0.4, -0.2) is 15.6 Å². The number of hydrogen-bond donors (Lipinski definition) is 1. The second-order valence-corrected chi connectivity index (χ2v) is 4.74. The van der Waals surface area contributed by atoms with Gasteiger partial charge in [0.15, 0.2) is 0 Å². The van der Waals surface area contributed by atoms with Crippen molar-refractivity contribution >= 4 is 5.97 Å². The van der Waals surface area contributed by atoms with Crippen molar-refractivity contribution in [2.45, 2.75) is 38.4 Å². The number of carbonyl (C=O) groups is 1. The summed E-state index contributed by atoms with van der Waals surface area (Å²) >= 11 is 0. The first kappa shape index (κ1) is 13.0. The van der Waals surface area contributed by atoms with Crippen LogP contribution in [0.1, 0.15) is 41.6 Å². The molecule has 0 unspecified atom stereocenters. The average Bonchev–Trinajstić information content (AvgIpc) is 2.85. The fraction of sp³-hybridized carbons (Fsp3) is 0.583. The van der Waals surface area contributed by atoms with Gasteiger partial charge in [-0.15, -0.1) is 0 Å². The average molecular weight is 261 g/mol. The highest BCUT2D eigenvalue weighted by molar-refractivity contribution is 5.89. The van der Waals surface area contributed by atoms with Crippen LogP contribution >= 0.6 is 0 Å². The maximum absolute atomic E-state index is 12.7. The first-order valence-corrected chi connectivity index (χ1v) is 5.88. The molecule has 0 spiro atoms. The van der Waals surface area contributed by atoms with Crippen molar-refractivity contribution in [3.63, 3.8) is 0 Å². The number of carboxylic acid groups (broad SMARTS) is 1. The Hall–Kier alpha value is -1.46. The van der Waals surface area contributed by atoms with Crippen LogP contribution in [0.25, 0.3) is 0 Å². The zero-order valence-corrected chi connectivity index (χ0v) is 9.70. The number of carboxylic acids is 1. The van der Waals surface area contributed by atoms with Gasteiger partial charge in [-0.3, -0.25) is 0 Å². The first-order valence-electron chi connectivity index (χ1n) is 5.88. The lowest BCUT2D eigenvalue weighted by atomic mass is 10.1. The van der Waals surface area contributed by atoms with Crippen LogP contribution in [-0.2, 0) is 12.7 Å². The van der Waals surface area contributed by atoms with Gasteiger partial charge in [0, 0.05) is 18.9 Å². The van der Waals surface area contributed by atoms with E-state index in [0.29, 0.717) is 12.5 Å². The summed E-state index contributed by atoms with van der Waals surface area (Å²) in [6, 6.07) is 0. The summed E-state index contributed by atoms with van der Waals surface area (Å²) in [4.78, 5) is 10.8. The zero-order chi connectivity index (χ0) is 13.3. The van der Waals surface area contributed by atoms with E-state index in [2.05, 4.69) is 0 Å². The fourth-order valence-corrected chi connectivity index (χ4v) is 2.50. The topological polar surface area (TPSA) is 42.2 Å². The van der Waals surface area contributed by atoms with Gasteiger partial charge in [0.05, 0.1) is 11.1 Å². The molecule has 1 fully saturated rings. The summed E-state index contributed by atoms with van der Waals surface area (Å²) in [7, 11) is 0. The molecule has 0 amide bonds. The van der Waals surface area contributed by atoms with Crippen LogP contribution in [0.2, 0.25) is 0 Å². The van der Waals surface area contributed by atoms with Crippen molar-refractivity contribution in [2.75, 3.05) is 0 Å². The van der Waals surface area contributed by atoms with Crippen molar-refractivity contribution in [3.8, 4) is 0 Å². The molecule has 0 aliphatic heterocycles. The lowest BCUT2D eigenvalue weighted by Gasteiger charge is -2.09. The molecule has 0 radical (unpaired) electrons. The van der Waals surface area contributed by atoms with Crippen molar-refractivity contribution in [2.24, 2.45) is 5.92 Å². The Labute approximate surface area is 102 Å². The van der Waals surface area contributed by atoms with E-state index >= 15 is 0 Å². The van der Waals surface area contributed by atoms with Gasteiger partial charge in [-0.2, -0.15) is 13.2 Å². The van der Waals surface area contributed by atoms with Crippen LogP contribution in [0.4, 0.5) is 13.2 Å². The molecule has 1 aliphatic rings. The van der Waals surface area contributed by atoms with E-state index in [-0.39, 0.29) is 0 Å².